The highest BCUT2D eigenvalue weighted by Gasteiger charge is 2.29. The number of hydrogen-bond acceptors (Lipinski definition) is 6. The summed E-state index contributed by atoms with van der Waals surface area (Å²) >= 11 is 0. The second kappa shape index (κ2) is 10.2. The average molecular weight is 450 g/mol. The number of fused-ring (bicyclic) bond motifs is 2. The third kappa shape index (κ3) is 5.68. The molecule has 0 radical (unpaired) electrons. The van der Waals surface area contributed by atoms with Gasteiger partial charge in [0.2, 0.25) is 17.8 Å². The number of aliphatic imine (C=N–C) groups is 1. The maximum atomic E-state index is 12.6. The van der Waals surface area contributed by atoms with Crippen LogP contribution in [0.25, 0.3) is 0 Å². The molecule has 2 N–H and O–H groups in total. The minimum atomic E-state index is -1.04. The molecule has 0 spiro atoms. The number of para-hydroxylation sites is 1. The lowest BCUT2D eigenvalue weighted by atomic mass is 10.1. The monoisotopic (exact) mass is 450 g/mol. The molecular weight excluding hydrogens is 424 g/mol. The van der Waals surface area contributed by atoms with Crippen molar-refractivity contribution in [1.82, 2.24) is 10.2 Å². The van der Waals surface area contributed by atoms with E-state index in [0.717, 1.165) is 29.8 Å². The molecule has 9 heteroatoms. The van der Waals surface area contributed by atoms with E-state index in [9.17, 15) is 14.4 Å². The van der Waals surface area contributed by atoms with Crippen LogP contribution in [0.1, 0.15) is 31.2 Å². The van der Waals surface area contributed by atoms with Crippen molar-refractivity contribution in [2.45, 2.75) is 32.2 Å². The zero-order valence-corrected chi connectivity index (χ0v) is 18.2. The molecular formula is C24H26N4O5. The molecule has 2 amide bonds. The van der Waals surface area contributed by atoms with Gasteiger partial charge in [0.15, 0.2) is 0 Å². The smallest absolute Gasteiger partial charge is 0.323 e. The summed E-state index contributed by atoms with van der Waals surface area (Å²) in [6.45, 7) is 1.09. The first-order chi connectivity index (χ1) is 16.0. The van der Waals surface area contributed by atoms with Crippen LogP contribution in [0.2, 0.25) is 0 Å². The lowest BCUT2D eigenvalue weighted by molar-refractivity contribution is -0.136. The highest BCUT2D eigenvalue weighted by atomic mass is 16.5. The molecule has 0 bridgehead atoms. The van der Waals surface area contributed by atoms with Gasteiger partial charge in [-0.2, -0.15) is 0 Å². The minimum Gasteiger partial charge on any atom is -0.494 e. The minimum absolute atomic E-state index is 0.0497. The predicted molar refractivity (Wildman–Crippen MR) is 122 cm³/mol. The SMILES string of the molecule is O=C(O)CN(C(=O)CCCCCOc1ccc2c(c1)CN1CC(=O)NC1=N2)c1ccccc1. The molecule has 2 aromatic rings. The van der Waals surface area contributed by atoms with Crippen molar-refractivity contribution in [1.29, 1.82) is 0 Å². The van der Waals surface area contributed by atoms with E-state index in [1.165, 1.54) is 4.90 Å². The van der Waals surface area contributed by atoms with E-state index in [4.69, 9.17) is 9.84 Å². The van der Waals surface area contributed by atoms with Crippen molar-refractivity contribution in [3.63, 3.8) is 0 Å². The number of rotatable bonds is 10. The molecule has 4 rings (SSSR count). The topological polar surface area (TPSA) is 112 Å². The molecule has 0 aliphatic carbocycles. The molecule has 9 nitrogen and oxygen atoms in total. The van der Waals surface area contributed by atoms with E-state index in [1.807, 2.05) is 29.2 Å². The number of unbranched alkanes of at least 4 members (excludes halogenated alkanes) is 2. The first kappa shape index (κ1) is 22.3. The number of nitrogens with zero attached hydrogens (tertiary/aromatic N) is 3. The average Bonchev–Trinajstić information content (AvgIpc) is 3.17. The Labute approximate surface area is 191 Å². The molecule has 2 aromatic carbocycles. The molecule has 0 aromatic heterocycles. The number of benzene rings is 2. The number of hydrogen-bond donors (Lipinski definition) is 2. The molecule has 2 aliphatic heterocycles. The van der Waals surface area contributed by atoms with E-state index in [-0.39, 0.29) is 24.8 Å². The Kier molecular flexibility index (Phi) is 6.87. The number of carboxylic acids is 1. The van der Waals surface area contributed by atoms with Crippen molar-refractivity contribution in [3.05, 3.63) is 54.1 Å². The summed E-state index contributed by atoms with van der Waals surface area (Å²) in [5.74, 6) is 0.0594. The summed E-state index contributed by atoms with van der Waals surface area (Å²) in [5, 5.41) is 11.9. The molecule has 2 heterocycles. The van der Waals surface area contributed by atoms with Gasteiger partial charge >= 0.3 is 5.97 Å². The van der Waals surface area contributed by atoms with Crippen LogP contribution >= 0.6 is 0 Å². The van der Waals surface area contributed by atoms with E-state index in [2.05, 4.69) is 10.3 Å². The molecule has 2 aliphatic rings. The number of carbonyl (C=O) groups excluding carboxylic acids is 2. The van der Waals surface area contributed by atoms with Crippen molar-refractivity contribution >= 4 is 35.1 Å². The summed E-state index contributed by atoms with van der Waals surface area (Å²) in [7, 11) is 0. The van der Waals surface area contributed by atoms with Gasteiger partial charge in [-0.3, -0.25) is 19.7 Å². The van der Waals surface area contributed by atoms with Gasteiger partial charge < -0.3 is 19.6 Å². The zero-order valence-electron chi connectivity index (χ0n) is 18.2. The second-order valence-electron chi connectivity index (χ2n) is 8.00. The Bertz CT molecular complexity index is 1070. The van der Waals surface area contributed by atoms with Crippen LogP contribution in [-0.4, -0.2) is 53.4 Å². The van der Waals surface area contributed by atoms with Crippen LogP contribution in [-0.2, 0) is 20.9 Å². The lowest BCUT2D eigenvalue weighted by Gasteiger charge is -2.23. The Morgan fingerprint density at radius 2 is 1.91 bits per heavy atom. The Hall–Kier alpha value is -3.88. The van der Waals surface area contributed by atoms with Gasteiger partial charge in [0.05, 0.1) is 12.3 Å². The fourth-order valence-electron chi connectivity index (χ4n) is 3.87. The Balaban J connectivity index is 1.20. The van der Waals surface area contributed by atoms with Crippen LogP contribution in [0.5, 0.6) is 5.75 Å². The maximum absolute atomic E-state index is 12.6. The highest BCUT2D eigenvalue weighted by Crippen LogP contribution is 2.30. The standard InChI is InChI=1S/C24H26N4O5/c29-21-15-27-14-17-13-19(10-11-20(17)25-24(27)26-21)33-12-6-2-5-9-22(30)28(16-23(31)32)18-7-3-1-4-8-18/h1,3-4,7-8,10-11,13H,2,5-6,9,12,14-16H2,(H,31,32)(H,25,26,29). The van der Waals surface area contributed by atoms with Gasteiger partial charge in [-0.25, -0.2) is 4.99 Å². The first-order valence-electron chi connectivity index (χ1n) is 11.0. The fraction of sp³-hybridized carbons (Fsp3) is 0.333. The van der Waals surface area contributed by atoms with Crippen molar-refractivity contribution in [3.8, 4) is 5.75 Å². The molecule has 0 saturated carbocycles. The van der Waals surface area contributed by atoms with Crippen LogP contribution < -0.4 is 15.0 Å². The quantitative estimate of drug-likeness (QED) is 0.539. The van der Waals surface area contributed by atoms with Gasteiger partial charge in [-0.05, 0) is 49.6 Å². The van der Waals surface area contributed by atoms with Crippen molar-refractivity contribution in [2.24, 2.45) is 4.99 Å². The molecule has 0 unspecified atom stereocenters. The predicted octanol–water partition coefficient (Wildman–Crippen LogP) is 2.68. The van der Waals surface area contributed by atoms with Crippen molar-refractivity contribution in [2.75, 3.05) is 24.6 Å². The zero-order chi connectivity index (χ0) is 23.2. The number of carboxylic acid groups (broad SMARTS) is 1. The Morgan fingerprint density at radius 3 is 2.70 bits per heavy atom. The van der Waals surface area contributed by atoms with Crippen LogP contribution in [0, 0.1) is 0 Å². The van der Waals surface area contributed by atoms with E-state index >= 15 is 0 Å². The van der Waals surface area contributed by atoms with E-state index < -0.39 is 5.97 Å². The Morgan fingerprint density at radius 1 is 1.09 bits per heavy atom. The van der Waals surface area contributed by atoms with E-state index in [0.29, 0.717) is 37.8 Å². The van der Waals surface area contributed by atoms with Gasteiger partial charge in [-0.15, -0.1) is 0 Å². The third-order valence-electron chi connectivity index (χ3n) is 5.49. The molecule has 33 heavy (non-hydrogen) atoms. The molecule has 0 atom stereocenters. The first-order valence-corrected chi connectivity index (χ1v) is 11.0. The number of nitrogens with one attached hydrogen (secondary N) is 1. The van der Waals surface area contributed by atoms with Crippen LogP contribution in [0.4, 0.5) is 11.4 Å². The summed E-state index contributed by atoms with van der Waals surface area (Å²) in [6, 6.07) is 14.6. The summed E-state index contributed by atoms with van der Waals surface area (Å²) < 4.78 is 5.86. The molecule has 1 fully saturated rings. The number of anilines is 1. The summed E-state index contributed by atoms with van der Waals surface area (Å²) in [4.78, 5) is 42.9. The largest absolute Gasteiger partial charge is 0.494 e. The highest BCUT2D eigenvalue weighted by molar-refractivity contribution is 6.05. The van der Waals surface area contributed by atoms with Crippen LogP contribution in [0.15, 0.2) is 53.5 Å². The number of ether oxygens (including phenoxy) is 1. The van der Waals surface area contributed by atoms with Crippen molar-refractivity contribution < 1.29 is 24.2 Å². The summed E-state index contributed by atoms with van der Waals surface area (Å²) in [5.41, 5.74) is 2.43. The summed E-state index contributed by atoms with van der Waals surface area (Å²) in [6.07, 6.45) is 2.51. The number of amides is 2. The maximum Gasteiger partial charge on any atom is 0.323 e. The lowest BCUT2D eigenvalue weighted by Crippen LogP contribution is -2.35. The van der Waals surface area contributed by atoms with Gasteiger partial charge in [-0.1, -0.05) is 18.2 Å². The fourth-order valence-corrected chi connectivity index (χ4v) is 3.87. The normalized spacial score (nSPS) is 14.1. The van der Waals surface area contributed by atoms with Gasteiger partial charge in [0.1, 0.15) is 18.8 Å². The molecule has 172 valence electrons. The second-order valence-corrected chi connectivity index (χ2v) is 8.00. The van der Waals surface area contributed by atoms with Gasteiger partial charge in [0, 0.05) is 24.2 Å². The van der Waals surface area contributed by atoms with Crippen LogP contribution in [0.3, 0.4) is 0 Å². The number of carbonyl (C=O) groups is 3. The van der Waals surface area contributed by atoms with Gasteiger partial charge in [0.25, 0.3) is 0 Å². The molecule has 1 saturated heterocycles. The number of guanidine groups is 1. The third-order valence-corrected chi connectivity index (χ3v) is 5.49. The number of aliphatic carboxylic acids is 1. The van der Waals surface area contributed by atoms with E-state index in [1.54, 1.807) is 24.3 Å².